The molecule has 0 bridgehead atoms. The lowest BCUT2D eigenvalue weighted by molar-refractivity contribution is -0.122. The van der Waals surface area contributed by atoms with Crippen LogP contribution in [0.15, 0.2) is 34.1 Å². The second-order valence-corrected chi connectivity index (χ2v) is 9.94. The van der Waals surface area contributed by atoms with Crippen molar-refractivity contribution in [2.45, 2.75) is 33.6 Å². The summed E-state index contributed by atoms with van der Waals surface area (Å²) < 4.78 is 2.09. The number of carbonyl (C=O) groups excluding carboxylic acids is 1. The Balaban J connectivity index is 1.86. The molecular formula is C22H26N4O2S2. The molecule has 4 rings (SSSR count). The molecule has 6 nitrogen and oxygen atoms in total. The van der Waals surface area contributed by atoms with Crippen molar-refractivity contribution >= 4 is 51.7 Å². The lowest BCUT2D eigenvalue weighted by Crippen LogP contribution is -2.40. The molecule has 30 heavy (non-hydrogen) atoms. The fourth-order valence-electron chi connectivity index (χ4n) is 4.34. The summed E-state index contributed by atoms with van der Waals surface area (Å²) in [6.07, 6.45) is 5.40. The first-order chi connectivity index (χ1) is 14.4. The van der Waals surface area contributed by atoms with Gasteiger partial charge in [-0.3, -0.25) is 18.9 Å². The van der Waals surface area contributed by atoms with Crippen molar-refractivity contribution < 1.29 is 4.79 Å². The number of hydrogen-bond donors (Lipinski definition) is 0. The molecule has 0 aliphatic carbocycles. The van der Waals surface area contributed by atoms with E-state index < -0.39 is 0 Å². The van der Waals surface area contributed by atoms with Crippen LogP contribution in [0.3, 0.4) is 0 Å². The van der Waals surface area contributed by atoms with Crippen molar-refractivity contribution in [3.63, 3.8) is 0 Å². The van der Waals surface area contributed by atoms with E-state index in [4.69, 9.17) is 17.2 Å². The molecule has 2 aromatic rings. The van der Waals surface area contributed by atoms with Crippen molar-refractivity contribution in [3.05, 3.63) is 45.2 Å². The van der Waals surface area contributed by atoms with Gasteiger partial charge in [-0.1, -0.05) is 50.8 Å². The van der Waals surface area contributed by atoms with Gasteiger partial charge in [0.25, 0.3) is 11.5 Å². The quantitative estimate of drug-likeness (QED) is 0.530. The van der Waals surface area contributed by atoms with Crippen molar-refractivity contribution in [2.24, 2.45) is 11.8 Å². The van der Waals surface area contributed by atoms with Crippen molar-refractivity contribution in [3.8, 4) is 0 Å². The average Bonchev–Trinajstić information content (AvgIpc) is 2.97. The molecule has 2 aliphatic heterocycles. The highest BCUT2D eigenvalue weighted by Crippen LogP contribution is 2.34. The second kappa shape index (κ2) is 8.51. The average molecular weight is 443 g/mol. The first kappa shape index (κ1) is 21.1. The molecule has 2 fully saturated rings. The molecule has 2 atom stereocenters. The summed E-state index contributed by atoms with van der Waals surface area (Å²) in [5.74, 6) is 1.56. The Labute approximate surface area is 186 Å². The minimum atomic E-state index is -0.165. The zero-order valence-electron chi connectivity index (χ0n) is 17.5. The first-order valence-corrected chi connectivity index (χ1v) is 11.6. The van der Waals surface area contributed by atoms with E-state index in [0.717, 1.165) is 25.9 Å². The number of thioether (sulfide) groups is 1. The fraction of sp³-hybridized carbons (Fsp3) is 0.455. The van der Waals surface area contributed by atoms with Crippen LogP contribution in [0.4, 0.5) is 5.82 Å². The van der Waals surface area contributed by atoms with Crippen LogP contribution in [0.5, 0.6) is 0 Å². The van der Waals surface area contributed by atoms with E-state index in [1.807, 2.05) is 25.1 Å². The number of rotatable bonds is 4. The predicted molar refractivity (Wildman–Crippen MR) is 127 cm³/mol. The van der Waals surface area contributed by atoms with E-state index in [-0.39, 0.29) is 11.5 Å². The third kappa shape index (κ3) is 3.90. The summed E-state index contributed by atoms with van der Waals surface area (Å²) >= 11 is 6.65. The minimum Gasteiger partial charge on any atom is -0.355 e. The highest BCUT2D eigenvalue weighted by Gasteiger charge is 2.33. The van der Waals surface area contributed by atoms with Crippen LogP contribution in [0.25, 0.3) is 11.7 Å². The smallest absolute Gasteiger partial charge is 0.267 e. The molecule has 2 aliphatic rings. The first-order valence-electron chi connectivity index (χ1n) is 10.4. The maximum Gasteiger partial charge on any atom is 0.267 e. The van der Waals surface area contributed by atoms with Gasteiger partial charge in [0.15, 0.2) is 0 Å². The van der Waals surface area contributed by atoms with Gasteiger partial charge < -0.3 is 4.90 Å². The number of amides is 1. The van der Waals surface area contributed by atoms with Crippen LogP contribution in [0.1, 0.15) is 39.2 Å². The van der Waals surface area contributed by atoms with Gasteiger partial charge in [0.1, 0.15) is 15.8 Å². The molecule has 2 unspecified atom stereocenters. The lowest BCUT2D eigenvalue weighted by Gasteiger charge is -2.36. The molecule has 4 heterocycles. The number of anilines is 1. The largest absolute Gasteiger partial charge is 0.355 e. The summed E-state index contributed by atoms with van der Waals surface area (Å²) in [7, 11) is 0. The van der Waals surface area contributed by atoms with E-state index in [1.54, 1.807) is 21.6 Å². The maximum atomic E-state index is 13.4. The molecule has 8 heteroatoms. The number of thiocarbonyl (C=S) groups is 1. The molecule has 0 aromatic carbocycles. The Kier molecular flexibility index (Phi) is 5.97. The van der Waals surface area contributed by atoms with Gasteiger partial charge in [0, 0.05) is 25.8 Å². The fourth-order valence-corrected chi connectivity index (χ4v) is 5.63. The SMILES string of the molecule is CCCN1C(=O)/C(=C/c2c(N3CC(C)CC(C)C3)nc3ccccn3c2=O)SC1=S. The van der Waals surface area contributed by atoms with Crippen molar-refractivity contribution in [1.29, 1.82) is 0 Å². The Hall–Kier alpha value is -2.19. The molecule has 0 N–H and O–H groups in total. The molecule has 1 amide bonds. The number of aromatic nitrogens is 2. The van der Waals surface area contributed by atoms with Gasteiger partial charge in [-0.2, -0.15) is 0 Å². The van der Waals surface area contributed by atoms with Crippen molar-refractivity contribution in [1.82, 2.24) is 14.3 Å². The van der Waals surface area contributed by atoms with Gasteiger partial charge in [-0.15, -0.1) is 0 Å². The van der Waals surface area contributed by atoms with Crippen LogP contribution >= 0.6 is 24.0 Å². The van der Waals surface area contributed by atoms with Gasteiger partial charge in [0.2, 0.25) is 0 Å². The van der Waals surface area contributed by atoms with Crippen LogP contribution in [-0.2, 0) is 4.79 Å². The number of piperidine rings is 1. The van der Waals surface area contributed by atoms with E-state index in [1.165, 1.54) is 11.8 Å². The van der Waals surface area contributed by atoms with Gasteiger partial charge in [-0.05, 0) is 42.9 Å². The zero-order valence-corrected chi connectivity index (χ0v) is 19.1. The van der Waals surface area contributed by atoms with Gasteiger partial charge in [-0.25, -0.2) is 4.98 Å². The number of fused-ring (bicyclic) bond motifs is 1. The molecule has 0 spiro atoms. The molecule has 0 saturated carbocycles. The summed E-state index contributed by atoms with van der Waals surface area (Å²) in [6, 6.07) is 5.53. The summed E-state index contributed by atoms with van der Waals surface area (Å²) in [6.45, 7) is 8.75. The molecular weight excluding hydrogens is 416 g/mol. The third-order valence-corrected chi connectivity index (χ3v) is 6.89. The monoisotopic (exact) mass is 442 g/mol. The molecule has 2 aromatic heterocycles. The Morgan fingerprint density at radius 2 is 1.97 bits per heavy atom. The topological polar surface area (TPSA) is 57.9 Å². The summed E-state index contributed by atoms with van der Waals surface area (Å²) in [5.41, 5.74) is 0.901. The van der Waals surface area contributed by atoms with Gasteiger partial charge >= 0.3 is 0 Å². The summed E-state index contributed by atoms with van der Waals surface area (Å²) in [4.78, 5) is 35.5. The Morgan fingerprint density at radius 3 is 2.67 bits per heavy atom. The van der Waals surface area contributed by atoms with Gasteiger partial charge in [0.05, 0.1) is 10.5 Å². The Morgan fingerprint density at radius 1 is 1.23 bits per heavy atom. The predicted octanol–water partition coefficient (Wildman–Crippen LogP) is 3.79. The Bertz CT molecular complexity index is 1080. The minimum absolute atomic E-state index is 0.129. The number of nitrogens with zero attached hydrogens (tertiary/aromatic N) is 4. The molecule has 158 valence electrons. The van der Waals surface area contributed by atoms with Crippen LogP contribution in [0.2, 0.25) is 0 Å². The number of carbonyl (C=O) groups is 1. The number of pyridine rings is 1. The van der Waals surface area contributed by atoms with E-state index in [2.05, 4.69) is 18.7 Å². The van der Waals surface area contributed by atoms with Crippen LogP contribution in [-0.4, -0.2) is 44.1 Å². The molecule has 2 saturated heterocycles. The summed E-state index contributed by atoms with van der Waals surface area (Å²) in [5, 5.41) is 0. The van der Waals surface area contributed by atoms with E-state index in [0.29, 0.717) is 44.6 Å². The zero-order chi connectivity index (χ0) is 21.4. The van der Waals surface area contributed by atoms with Crippen LogP contribution < -0.4 is 10.5 Å². The highest BCUT2D eigenvalue weighted by molar-refractivity contribution is 8.26. The molecule has 0 radical (unpaired) electrons. The highest BCUT2D eigenvalue weighted by atomic mass is 32.2. The van der Waals surface area contributed by atoms with Crippen molar-refractivity contribution in [2.75, 3.05) is 24.5 Å². The second-order valence-electron chi connectivity index (χ2n) is 8.27. The van der Waals surface area contributed by atoms with Crippen LogP contribution in [0, 0.1) is 11.8 Å². The standard InChI is InChI=1S/C22H26N4O2S2/c1-4-8-26-21(28)17(30-22(26)29)11-16-19(24-12-14(2)10-15(3)13-24)23-18-7-5-6-9-25(18)20(16)27/h5-7,9,11,14-15H,4,8,10,12-13H2,1-3H3/b17-11-. The number of hydrogen-bond acceptors (Lipinski definition) is 6. The van der Waals surface area contributed by atoms with E-state index >= 15 is 0 Å². The normalized spacial score (nSPS) is 23.8. The maximum absolute atomic E-state index is 13.4. The van der Waals surface area contributed by atoms with E-state index in [9.17, 15) is 9.59 Å². The third-order valence-electron chi connectivity index (χ3n) is 5.51. The lowest BCUT2D eigenvalue weighted by atomic mass is 9.91.